The highest BCUT2D eigenvalue weighted by Crippen LogP contribution is 2.30. The number of halogens is 4. The average Bonchev–Trinajstić information content (AvgIpc) is 2.69. The minimum atomic E-state index is -4.46. The van der Waals surface area contributed by atoms with Crippen LogP contribution in [0.1, 0.15) is 24.0 Å². The lowest BCUT2D eigenvalue weighted by Gasteiger charge is -2.31. The number of carbonyl (C=O) groups is 1. The van der Waals surface area contributed by atoms with Crippen LogP contribution in [0.4, 0.5) is 18.9 Å². The number of piperidine rings is 1. The summed E-state index contributed by atoms with van der Waals surface area (Å²) in [6.45, 7) is 0.316. The van der Waals surface area contributed by atoms with E-state index in [4.69, 9.17) is 11.6 Å². The number of hydrogen-bond acceptors (Lipinski definition) is 3. The van der Waals surface area contributed by atoms with Gasteiger partial charge in [-0.1, -0.05) is 29.8 Å². The molecule has 0 saturated carbocycles. The molecule has 5 nitrogen and oxygen atoms in total. The average molecular weight is 461 g/mol. The fourth-order valence-corrected chi connectivity index (χ4v) is 5.22. The van der Waals surface area contributed by atoms with Crippen LogP contribution in [-0.2, 0) is 26.7 Å². The number of anilines is 1. The number of nitrogens with zero attached hydrogens (tertiary/aromatic N) is 1. The lowest BCUT2D eigenvalue weighted by molar-refractivity contribution is -0.137. The number of hydrogen-bond donors (Lipinski definition) is 1. The topological polar surface area (TPSA) is 66.5 Å². The van der Waals surface area contributed by atoms with E-state index in [0.717, 1.165) is 12.1 Å². The van der Waals surface area contributed by atoms with Crippen LogP contribution in [0.25, 0.3) is 0 Å². The number of alkyl halides is 3. The molecule has 3 rings (SSSR count). The second kappa shape index (κ2) is 8.95. The maximum Gasteiger partial charge on any atom is 0.416 e. The van der Waals surface area contributed by atoms with E-state index in [1.165, 1.54) is 16.4 Å². The van der Waals surface area contributed by atoms with Crippen molar-refractivity contribution in [2.24, 2.45) is 5.92 Å². The van der Waals surface area contributed by atoms with Crippen LogP contribution in [0.5, 0.6) is 0 Å². The van der Waals surface area contributed by atoms with Crippen molar-refractivity contribution in [3.05, 3.63) is 64.7 Å². The molecule has 1 aliphatic heterocycles. The summed E-state index contributed by atoms with van der Waals surface area (Å²) in [6, 6.07) is 10.8. The molecule has 1 saturated heterocycles. The second-order valence-corrected chi connectivity index (χ2v) is 9.49. The normalized spacial score (nSPS) is 18.2. The highest BCUT2D eigenvalue weighted by molar-refractivity contribution is 7.88. The van der Waals surface area contributed by atoms with E-state index in [1.54, 1.807) is 24.3 Å². The van der Waals surface area contributed by atoms with Gasteiger partial charge in [-0.15, -0.1) is 0 Å². The third kappa shape index (κ3) is 5.53. The van der Waals surface area contributed by atoms with E-state index in [1.807, 2.05) is 0 Å². The zero-order valence-corrected chi connectivity index (χ0v) is 17.4. The molecule has 1 amide bonds. The second-order valence-electron chi connectivity index (χ2n) is 7.11. The third-order valence-corrected chi connectivity index (χ3v) is 7.09. The Morgan fingerprint density at radius 1 is 1.13 bits per heavy atom. The Kier molecular flexibility index (Phi) is 6.74. The van der Waals surface area contributed by atoms with Gasteiger partial charge in [0.05, 0.1) is 17.2 Å². The molecule has 2 aromatic carbocycles. The number of nitrogens with one attached hydrogen (secondary N) is 1. The fraction of sp³-hybridized carbons (Fsp3) is 0.350. The van der Waals surface area contributed by atoms with Crippen LogP contribution in [0, 0.1) is 5.92 Å². The highest BCUT2D eigenvalue weighted by atomic mass is 35.5. The molecule has 0 aromatic heterocycles. The Balaban J connectivity index is 1.65. The molecule has 162 valence electrons. The largest absolute Gasteiger partial charge is 0.416 e. The number of benzene rings is 2. The van der Waals surface area contributed by atoms with Crippen LogP contribution >= 0.6 is 11.6 Å². The van der Waals surface area contributed by atoms with Gasteiger partial charge in [0.25, 0.3) is 0 Å². The van der Waals surface area contributed by atoms with Crippen molar-refractivity contribution in [3.8, 4) is 0 Å². The van der Waals surface area contributed by atoms with E-state index in [0.29, 0.717) is 30.0 Å². The van der Waals surface area contributed by atoms with Gasteiger partial charge >= 0.3 is 6.18 Å². The minimum Gasteiger partial charge on any atom is -0.326 e. The quantitative estimate of drug-likeness (QED) is 0.712. The van der Waals surface area contributed by atoms with E-state index in [9.17, 15) is 26.4 Å². The van der Waals surface area contributed by atoms with Crippen molar-refractivity contribution in [2.75, 3.05) is 18.4 Å². The summed E-state index contributed by atoms with van der Waals surface area (Å²) in [5, 5.41) is 2.93. The first-order chi connectivity index (χ1) is 14.1. The molecule has 0 radical (unpaired) electrons. The monoisotopic (exact) mass is 460 g/mol. The van der Waals surface area contributed by atoms with Crippen LogP contribution < -0.4 is 5.32 Å². The summed E-state index contributed by atoms with van der Waals surface area (Å²) in [7, 11) is -3.68. The SMILES string of the molecule is O=C(Nc1ccc(C(F)(F)F)cc1)C1CCCN(S(=O)(=O)Cc2ccccc2Cl)C1. The van der Waals surface area contributed by atoms with Gasteiger partial charge in [0, 0.05) is 23.8 Å². The van der Waals surface area contributed by atoms with Crippen molar-refractivity contribution >= 4 is 33.2 Å². The Bertz CT molecular complexity index is 1010. The number of rotatable bonds is 5. The van der Waals surface area contributed by atoms with E-state index in [2.05, 4.69) is 5.32 Å². The van der Waals surface area contributed by atoms with Gasteiger partial charge in [-0.3, -0.25) is 4.79 Å². The molecule has 30 heavy (non-hydrogen) atoms. The van der Waals surface area contributed by atoms with Crippen molar-refractivity contribution in [2.45, 2.75) is 24.8 Å². The lowest BCUT2D eigenvalue weighted by atomic mass is 9.98. The number of amides is 1. The van der Waals surface area contributed by atoms with Gasteiger partial charge in [-0.05, 0) is 48.7 Å². The molecule has 0 aliphatic carbocycles. The summed E-state index contributed by atoms with van der Waals surface area (Å²) in [6.07, 6.45) is -3.46. The predicted octanol–water partition coefficient (Wildman–Crippen LogP) is 4.54. The van der Waals surface area contributed by atoms with Crippen molar-refractivity contribution < 1.29 is 26.4 Å². The van der Waals surface area contributed by atoms with Gasteiger partial charge in [0.2, 0.25) is 15.9 Å². The molecule has 10 heteroatoms. The van der Waals surface area contributed by atoms with Crippen molar-refractivity contribution in [3.63, 3.8) is 0 Å². The fourth-order valence-electron chi connectivity index (χ4n) is 3.30. The smallest absolute Gasteiger partial charge is 0.326 e. The van der Waals surface area contributed by atoms with E-state index in [-0.39, 0.29) is 18.0 Å². The van der Waals surface area contributed by atoms with E-state index < -0.39 is 33.6 Å². The molecule has 1 atom stereocenters. The maximum absolute atomic E-state index is 12.8. The minimum absolute atomic E-state index is 0.0131. The Labute approximate surface area is 177 Å². The zero-order chi connectivity index (χ0) is 21.9. The van der Waals surface area contributed by atoms with Crippen LogP contribution in [0.15, 0.2) is 48.5 Å². The molecule has 0 bridgehead atoms. The number of carbonyl (C=O) groups excluding carboxylic acids is 1. The summed E-state index contributed by atoms with van der Waals surface area (Å²) in [5.41, 5.74) is -0.102. The number of sulfonamides is 1. The van der Waals surface area contributed by atoms with Gasteiger partial charge in [-0.25, -0.2) is 12.7 Å². The molecule has 2 aromatic rings. The molecule has 1 aliphatic rings. The Morgan fingerprint density at radius 2 is 1.80 bits per heavy atom. The Morgan fingerprint density at radius 3 is 2.43 bits per heavy atom. The predicted molar refractivity (Wildman–Crippen MR) is 108 cm³/mol. The summed E-state index contributed by atoms with van der Waals surface area (Å²) < 4.78 is 64.8. The summed E-state index contributed by atoms with van der Waals surface area (Å²) in [5.74, 6) is -1.28. The summed E-state index contributed by atoms with van der Waals surface area (Å²) >= 11 is 6.06. The first-order valence-electron chi connectivity index (χ1n) is 9.25. The van der Waals surface area contributed by atoms with Gasteiger partial charge in [0.15, 0.2) is 0 Å². The lowest BCUT2D eigenvalue weighted by Crippen LogP contribution is -2.44. The molecule has 1 unspecified atom stereocenters. The van der Waals surface area contributed by atoms with Gasteiger partial charge in [0.1, 0.15) is 0 Å². The first-order valence-corrected chi connectivity index (χ1v) is 11.2. The van der Waals surface area contributed by atoms with Crippen LogP contribution in [-0.4, -0.2) is 31.7 Å². The molecular formula is C20H20ClF3N2O3S. The van der Waals surface area contributed by atoms with Crippen molar-refractivity contribution in [1.29, 1.82) is 0 Å². The van der Waals surface area contributed by atoms with Gasteiger partial charge in [-0.2, -0.15) is 13.2 Å². The van der Waals surface area contributed by atoms with E-state index >= 15 is 0 Å². The first kappa shape index (κ1) is 22.6. The van der Waals surface area contributed by atoms with Crippen molar-refractivity contribution in [1.82, 2.24) is 4.31 Å². The molecule has 1 N–H and O–H groups in total. The van der Waals surface area contributed by atoms with Crippen LogP contribution in [0.2, 0.25) is 5.02 Å². The standard InChI is InChI=1S/C20H20ClF3N2O3S/c21-18-6-2-1-4-15(18)13-30(28,29)26-11-3-5-14(12-26)19(27)25-17-9-7-16(8-10-17)20(22,23)24/h1-2,4,6-10,14H,3,5,11-13H2,(H,25,27). The molecule has 1 heterocycles. The molecule has 0 spiro atoms. The molecular weight excluding hydrogens is 441 g/mol. The Hall–Kier alpha value is -2.10. The van der Waals surface area contributed by atoms with Gasteiger partial charge < -0.3 is 5.32 Å². The maximum atomic E-state index is 12.8. The van der Waals surface area contributed by atoms with Crippen LogP contribution in [0.3, 0.4) is 0 Å². The third-order valence-electron chi connectivity index (χ3n) is 4.92. The highest BCUT2D eigenvalue weighted by Gasteiger charge is 2.33. The zero-order valence-electron chi connectivity index (χ0n) is 15.8. The molecule has 1 fully saturated rings. The summed E-state index contributed by atoms with van der Waals surface area (Å²) in [4.78, 5) is 12.6.